The van der Waals surface area contributed by atoms with Crippen molar-refractivity contribution in [2.75, 3.05) is 0 Å². The molecule has 3 aromatic rings. The van der Waals surface area contributed by atoms with E-state index in [1.54, 1.807) is 36.4 Å². The molecule has 0 unspecified atom stereocenters. The summed E-state index contributed by atoms with van der Waals surface area (Å²) in [6, 6.07) is 21.4. The molecule has 3 rings (SSSR count). The van der Waals surface area contributed by atoms with Crippen molar-refractivity contribution >= 4 is 34.7 Å². The summed E-state index contributed by atoms with van der Waals surface area (Å²) in [5.74, 6) is 0.416. The van der Waals surface area contributed by atoms with E-state index < -0.39 is 0 Å². The Balaban J connectivity index is 1.93. The summed E-state index contributed by atoms with van der Waals surface area (Å²) in [5, 5.41) is 0. The maximum absolute atomic E-state index is 12.5. The SMILES string of the molecule is CC(=O)CCC(=O)c1ccc([C](c2ccc(C(=O)CCC(C)=O)cc2)c2ccc(C(=O)CCC(C)=O)cc2)cc1. The number of hydrogen-bond donors (Lipinski definition) is 0. The second-order valence-corrected chi connectivity index (χ2v) is 9.98. The van der Waals surface area contributed by atoms with Crippen molar-refractivity contribution in [3.8, 4) is 0 Å². The molecule has 0 fully saturated rings. The van der Waals surface area contributed by atoms with Gasteiger partial charge in [0.1, 0.15) is 17.3 Å². The van der Waals surface area contributed by atoms with Crippen LogP contribution in [0.15, 0.2) is 72.8 Å². The molecule has 0 atom stereocenters. The van der Waals surface area contributed by atoms with Crippen LogP contribution in [0.1, 0.15) is 107 Å². The van der Waals surface area contributed by atoms with Crippen LogP contribution in [0, 0.1) is 5.92 Å². The van der Waals surface area contributed by atoms with Crippen molar-refractivity contribution in [2.24, 2.45) is 0 Å². The summed E-state index contributed by atoms with van der Waals surface area (Å²) >= 11 is 0. The van der Waals surface area contributed by atoms with E-state index in [1.807, 2.05) is 36.4 Å². The molecular formula is C34H33O6. The molecule has 6 heteroatoms. The molecule has 0 aliphatic carbocycles. The molecule has 0 aliphatic heterocycles. The second-order valence-electron chi connectivity index (χ2n) is 9.98. The number of rotatable bonds is 15. The van der Waals surface area contributed by atoms with Gasteiger partial charge in [-0.15, -0.1) is 0 Å². The number of hydrogen-bond acceptors (Lipinski definition) is 6. The molecule has 0 amide bonds. The number of Topliss-reactive ketones (excluding diaryl/α,β-unsaturated/α-hetero) is 6. The van der Waals surface area contributed by atoms with Gasteiger partial charge < -0.3 is 14.4 Å². The summed E-state index contributed by atoms with van der Waals surface area (Å²) in [7, 11) is 0. The first kappa shape index (κ1) is 30.2. The molecule has 40 heavy (non-hydrogen) atoms. The molecule has 0 saturated heterocycles. The van der Waals surface area contributed by atoms with E-state index in [2.05, 4.69) is 0 Å². The van der Waals surface area contributed by atoms with Crippen molar-refractivity contribution in [1.29, 1.82) is 0 Å². The molecule has 3 aromatic carbocycles. The molecule has 1 radical (unpaired) electrons. The lowest BCUT2D eigenvalue weighted by Crippen LogP contribution is -2.08. The number of carbonyl (C=O) groups excluding carboxylic acids is 6. The number of carbonyl (C=O) groups is 6. The monoisotopic (exact) mass is 537 g/mol. The summed E-state index contributed by atoms with van der Waals surface area (Å²) in [4.78, 5) is 71.3. The van der Waals surface area contributed by atoms with Gasteiger partial charge >= 0.3 is 0 Å². The van der Waals surface area contributed by atoms with Gasteiger partial charge in [-0.3, -0.25) is 14.4 Å². The minimum absolute atomic E-state index is 0.0352. The predicted molar refractivity (Wildman–Crippen MR) is 153 cm³/mol. The minimum atomic E-state index is -0.106. The molecule has 6 nitrogen and oxygen atoms in total. The van der Waals surface area contributed by atoms with Crippen LogP contribution in [0.3, 0.4) is 0 Å². The van der Waals surface area contributed by atoms with E-state index in [0.717, 1.165) is 22.6 Å². The molecule has 0 N–H and O–H groups in total. The number of benzene rings is 3. The highest BCUT2D eigenvalue weighted by Crippen LogP contribution is 2.32. The second kappa shape index (κ2) is 14.2. The van der Waals surface area contributed by atoms with Crippen molar-refractivity contribution in [2.45, 2.75) is 59.3 Å². The highest BCUT2D eigenvalue weighted by Gasteiger charge is 2.20. The fourth-order valence-electron chi connectivity index (χ4n) is 4.27. The average molecular weight is 538 g/mol. The quantitative estimate of drug-likeness (QED) is 0.165. The Morgan fingerprint density at radius 1 is 0.350 bits per heavy atom. The van der Waals surface area contributed by atoms with E-state index in [9.17, 15) is 28.8 Å². The van der Waals surface area contributed by atoms with E-state index >= 15 is 0 Å². The molecule has 0 spiro atoms. The largest absolute Gasteiger partial charge is 0.300 e. The van der Waals surface area contributed by atoms with Gasteiger partial charge in [0.2, 0.25) is 0 Å². The Kier molecular flexibility index (Phi) is 10.7. The minimum Gasteiger partial charge on any atom is -0.300 e. The van der Waals surface area contributed by atoms with Crippen LogP contribution in [-0.4, -0.2) is 34.7 Å². The van der Waals surface area contributed by atoms with Crippen LogP contribution >= 0.6 is 0 Å². The first-order valence-corrected chi connectivity index (χ1v) is 13.3. The fraction of sp³-hybridized carbons (Fsp3) is 0.265. The van der Waals surface area contributed by atoms with Crippen molar-refractivity contribution in [1.82, 2.24) is 0 Å². The van der Waals surface area contributed by atoms with Gasteiger partial charge in [-0.2, -0.15) is 0 Å². The Morgan fingerprint density at radius 2 is 0.550 bits per heavy atom. The molecule has 205 valence electrons. The average Bonchev–Trinajstić information content (AvgIpc) is 2.94. The highest BCUT2D eigenvalue weighted by atomic mass is 16.1. The van der Waals surface area contributed by atoms with Crippen LogP contribution in [0.4, 0.5) is 0 Å². The Morgan fingerprint density at radius 3 is 0.750 bits per heavy atom. The van der Waals surface area contributed by atoms with Crippen LogP contribution in [0.25, 0.3) is 0 Å². The van der Waals surface area contributed by atoms with Gasteiger partial charge in [-0.05, 0) is 37.5 Å². The van der Waals surface area contributed by atoms with Crippen LogP contribution in [0.2, 0.25) is 0 Å². The van der Waals surface area contributed by atoms with Crippen molar-refractivity contribution in [3.63, 3.8) is 0 Å². The molecule has 0 aromatic heterocycles. The van der Waals surface area contributed by atoms with E-state index in [1.165, 1.54) is 20.8 Å². The van der Waals surface area contributed by atoms with E-state index in [4.69, 9.17) is 0 Å². The van der Waals surface area contributed by atoms with Gasteiger partial charge in [-0.1, -0.05) is 72.8 Å². The lowest BCUT2D eigenvalue weighted by molar-refractivity contribution is -0.117. The number of ketones is 6. The summed E-state index contributed by atoms with van der Waals surface area (Å²) < 4.78 is 0. The Labute approximate surface area is 234 Å². The summed E-state index contributed by atoms with van der Waals surface area (Å²) in [6.45, 7) is 4.38. The smallest absolute Gasteiger partial charge is 0.163 e. The van der Waals surface area contributed by atoms with Crippen LogP contribution in [0.5, 0.6) is 0 Å². The Bertz CT molecular complexity index is 1220. The lowest BCUT2D eigenvalue weighted by atomic mass is 9.83. The lowest BCUT2D eigenvalue weighted by Gasteiger charge is -2.19. The van der Waals surface area contributed by atoms with E-state index in [-0.39, 0.29) is 73.2 Å². The van der Waals surface area contributed by atoms with Gasteiger partial charge in [0.15, 0.2) is 17.3 Å². The van der Waals surface area contributed by atoms with Crippen molar-refractivity contribution < 1.29 is 28.8 Å². The molecular weight excluding hydrogens is 504 g/mol. The Hall–Kier alpha value is -4.32. The zero-order valence-corrected chi connectivity index (χ0v) is 23.1. The molecule has 0 saturated carbocycles. The highest BCUT2D eigenvalue weighted by molar-refractivity contribution is 5.99. The third-order valence-electron chi connectivity index (χ3n) is 6.60. The fourth-order valence-corrected chi connectivity index (χ4v) is 4.27. The van der Waals surface area contributed by atoms with Crippen LogP contribution in [-0.2, 0) is 14.4 Å². The zero-order chi connectivity index (χ0) is 29.2. The van der Waals surface area contributed by atoms with Crippen LogP contribution < -0.4 is 0 Å². The predicted octanol–water partition coefficient (Wildman–Crippen LogP) is 6.36. The normalized spacial score (nSPS) is 10.8. The summed E-state index contributed by atoms with van der Waals surface area (Å²) in [6.07, 6.45) is 1.07. The topological polar surface area (TPSA) is 102 Å². The molecule has 0 bridgehead atoms. The molecule has 0 aliphatic rings. The van der Waals surface area contributed by atoms with Gasteiger partial charge in [-0.25, -0.2) is 0 Å². The van der Waals surface area contributed by atoms with Gasteiger partial charge in [0.25, 0.3) is 0 Å². The zero-order valence-electron chi connectivity index (χ0n) is 23.1. The van der Waals surface area contributed by atoms with Crippen molar-refractivity contribution in [3.05, 3.63) is 112 Å². The van der Waals surface area contributed by atoms with Gasteiger partial charge in [0, 0.05) is 55.2 Å². The maximum Gasteiger partial charge on any atom is 0.163 e. The first-order chi connectivity index (χ1) is 19.0. The maximum atomic E-state index is 12.5. The first-order valence-electron chi connectivity index (χ1n) is 13.3. The summed E-state index contributed by atoms with van der Waals surface area (Å²) in [5.41, 5.74) is 4.03. The standard InChI is InChI=1S/C34H33O6/c1-22(35)4-19-31(38)25-7-13-28(14-8-25)34(29-15-9-26(10-16-29)32(39)20-5-23(2)36)30-17-11-27(12-18-30)33(40)21-6-24(3)37/h7-18H,4-6,19-21H2,1-3H3. The third-order valence-corrected chi connectivity index (χ3v) is 6.60. The third kappa shape index (κ3) is 8.60. The van der Waals surface area contributed by atoms with E-state index in [0.29, 0.717) is 16.7 Å². The molecule has 0 heterocycles. The van der Waals surface area contributed by atoms with Gasteiger partial charge in [0.05, 0.1) is 5.92 Å².